The van der Waals surface area contributed by atoms with Gasteiger partial charge in [-0.05, 0) is 18.2 Å². The lowest BCUT2D eigenvalue weighted by Gasteiger charge is -2.11. The molecule has 0 fully saturated rings. The lowest BCUT2D eigenvalue weighted by Crippen LogP contribution is -2.38. The molecule has 112 valence electrons. The van der Waals surface area contributed by atoms with Crippen LogP contribution in [0.1, 0.15) is 5.56 Å². The van der Waals surface area contributed by atoms with Crippen LogP contribution in [0.3, 0.4) is 0 Å². The Balaban J connectivity index is 2.34. The van der Waals surface area contributed by atoms with E-state index in [9.17, 15) is 18.0 Å². The van der Waals surface area contributed by atoms with Crippen molar-refractivity contribution in [2.45, 2.75) is 6.18 Å². The Hall–Kier alpha value is -1.96. The summed E-state index contributed by atoms with van der Waals surface area (Å²) in [6, 6.07) is 4.02. The SMILES string of the molecule is O=C(NCCO)NCCOc1cccc(C(F)(F)F)c1. The topological polar surface area (TPSA) is 70.6 Å². The van der Waals surface area contributed by atoms with Gasteiger partial charge in [0.1, 0.15) is 12.4 Å². The van der Waals surface area contributed by atoms with Crippen LogP contribution in [-0.4, -0.2) is 37.4 Å². The molecule has 0 radical (unpaired) electrons. The van der Waals surface area contributed by atoms with Crippen LogP contribution in [0, 0.1) is 0 Å². The first kappa shape index (κ1) is 16.1. The first-order valence-electron chi connectivity index (χ1n) is 5.86. The molecule has 0 heterocycles. The van der Waals surface area contributed by atoms with E-state index in [2.05, 4.69) is 10.6 Å². The van der Waals surface area contributed by atoms with Crippen LogP contribution in [-0.2, 0) is 6.18 Å². The van der Waals surface area contributed by atoms with Crippen molar-refractivity contribution in [2.24, 2.45) is 0 Å². The molecule has 0 saturated heterocycles. The molecule has 5 nitrogen and oxygen atoms in total. The van der Waals surface area contributed by atoms with Crippen molar-refractivity contribution >= 4 is 6.03 Å². The first-order chi connectivity index (χ1) is 9.43. The zero-order valence-corrected chi connectivity index (χ0v) is 10.5. The highest BCUT2D eigenvalue weighted by atomic mass is 19.4. The maximum absolute atomic E-state index is 12.4. The Morgan fingerprint density at radius 1 is 1.25 bits per heavy atom. The van der Waals surface area contributed by atoms with Crippen LogP contribution in [0.5, 0.6) is 5.75 Å². The van der Waals surface area contributed by atoms with Gasteiger partial charge in [-0.15, -0.1) is 0 Å². The van der Waals surface area contributed by atoms with Crippen molar-refractivity contribution in [1.82, 2.24) is 10.6 Å². The number of amides is 2. The number of rotatable bonds is 6. The fraction of sp³-hybridized carbons (Fsp3) is 0.417. The van der Waals surface area contributed by atoms with Crippen molar-refractivity contribution in [3.63, 3.8) is 0 Å². The first-order valence-corrected chi connectivity index (χ1v) is 5.86. The minimum atomic E-state index is -4.41. The molecular weight excluding hydrogens is 277 g/mol. The standard InChI is InChI=1S/C12H15F3N2O3/c13-12(14,15)9-2-1-3-10(8-9)20-7-5-17-11(19)16-4-6-18/h1-3,8,18H,4-7H2,(H2,16,17,19). The molecule has 0 aliphatic rings. The van der Waals surface area contributed by atoms with E-state index in [1.54, 1.807) is 0 Å². The second kappa shape index (κ2) is 7.59. The third kappa shape index (κ3) is 5.79. The van der Waals surface area contributed by atoms with Gasteiger partial charge >= 0.3 is 12.2 Å². The largest absolute Gasteiger partial charge is 0.492 e. The van der Waals surface area contributed by atoms with Crippen LogP contribution in [0.15, 0.2) is 24.3 Å². The maximum Gasteiger partial charge on any atom is 0.416 e. The molecular formula is C12H15F3N2O3. The normalized spacial score (nSPS) is 11.0. The molecule has 1 aromatic carbocycles. The number of carbonyl (C=O) groups excluding carboxylic acids is 1. The number of ether oxygens (including phenoxy) is 1. The Labute approximate surface area is 113 Å². The summed E-state index contributed by atoms with van der Waals surface area (Å²) >= 11 is 0. The summed E-state index contributed by atoms with van der Waals surface area (Å²) in [7, 11) is 0. The van der Waals surface area contributed by atoms with Gasteiger partial charge in [-0.3, -0.25) is 0 Å². The van der Waals surface area contributed by atoms with E-state index in [0.717, 1.165) is 12.1 Å². The zero-order chi connectivity index (χ0) is 15.0. The molecule has 0 saturated carbocycles. The molecule has 0 unspecified atom stereocenters. The number of hydrogen-bond donors (Lipinski definition) is 3. The second-order valence-electron chi connectivity index (χ2n) is 3.78. The average molecular weight is 292 g/mol. The molecule has 0 spiro atoms. The molecule has 0 atom stereocenters. The number of halogens is 3. The minimum absolute atomic E-state index is 0.0356. The molecule has 1 aromatic rings. The number of carbonyl (C=O) groups is 1. The molecule has 2 amide bonds. The smallest absolute Gasteiger partial charge is 0.416 e. The van der Waals surface area contributed by atoms with Crippen molar-refractivity contribution < 1.29 is 27.8 Å². The van der Waals surface area contributed by atoms with E-state index < -0.39 is 17.8 Å². The van der Waals surface area contributed by atoms with Gasteiger partial charge in [-0.25, -0.2) is 4.79 Å². The summed E-state index contributed by atoms with van der Waals surface area (Å²) in [6.07, 6.45) is -4.41. The van der Waals surface area contributed by atoms with Crippen LogP contribution in [0.4, 0.5) is 18.0 Å². The molecule has 0 bridgehead atoms. The van der Waals surface area contributed by atoms with Crippen molar-refractivity contribution in [1.29, 1.82) is 0 Å². The molecule has 1 rings (SSSR count). The number of benzene rings is 1. The summed E-state index contributed by atoms with van der Waals surface area (Å²) in [5, 5.41) is 13.2. The summed E-state index contributed by atoms with van der Waals surface area (Å²) in [6.45, 7) is 0.121. The van der Waals surface area contributed by atoms with Gasteiger partial charge in [0.25, 0.3) is 0 Å². The van der Waals surface area contributed by atoms with Gasteiger partial charge in [0.15, 0.2) is 0 Å². The van der Waals surface area contributed by atoms with E-state index >= 15 is 0 Å². The van der Waals surface area contributed by atoms with Crippen LogP contribution in [0.25, 0.3) is 0 Å². The number of alkyl halides is 3. The molecule has 0 aliphatic heterocycles. The van der Waals surface area contributed by atoms with Gasteiger partial charge in [0, 0.05) is 6.54 Å². The lowest BCUT2D eigenvalue weighted by molar-refractivity contribution is -0.137. The highest BCUT2D eigenvalue weighted by Crippen LogP contribution is 2.31. The lowest BCUT2D eigenvalue weighted by atomic mass is 10.2. The van der Waals surface area contributed by atoms with E-state index in [0.29, 0.717) is 0 Å². The van der Waals surface area contributed by atoms with Gasteiger partial charge < -0.3 is 20.5 Å². The van der Waals surface area contributed by atoms with Crippen molar-refractivity contribution in [3.8, 4) is 5.75 Å². The summed E-state index contributed by atoms with van der Waals surface area (Å²) < 4.78 is 42.4. The van der Waals surface area contributed by atoms with E-state index in [4.69, 9.17) is 9.84 Å². The van der Waals surface area contributed by atoms with Crippen LogP contribution < -0.4 is 15.4 Å². The third-order valence-corrected chi connectivity index (χ3v) is 2.22. The number of aliphatic hydroxyl groups excluding tert-OH is 1. The maximum atomic E-state index is 12.4. The number of hydrogen-bond acceptors (Lipinski definition) is 3. The third-order valence-electron chi connectivity index (χ3n) is 2.22. The number of nitrogens with one attached hydrogen (secondary N) is 2. The Kier molecular flexibility index (Phi) is 6.10. The molecule has 3 N–H and O–H groups in total. The summed E-state index contributed by atoms with van der Waals surface area (Å²) in [5.74, 6) is 0.0809. The second-order valence-corrected chi connectivity index (χ2v) is 3.78. The number of urea groups is 1. The van der Waals surface area contributed by atoms with E-state index in [1.165, 1.54) is 12.1 Å². The molecule has 20 heavy (non-hydrogen) atoms. The quantitative estimate of drug-likeness (QED) is 0.694. The highest BCUT2D eigenvalue weighted by molar-refractivity contribution is 5.73. The van der Waals surface area contributed by atoms with Gasteiger partial charge in [-0.1, -0.05) is 6.07 Å². The van der Waals surface area contributed by atoms with Crippen LogP contribution in [0.2, 0.25) is 0 Å². The summed E-state index contributed by atoms with van der Waals surface area (Å²) in [5.41, 5.74) is -0.788. The monoisotopic (exact) mass is 292 g/mol. The molecule has 0 aromatic heterocycles. The highest BCUT2D eigenvalue weighted by Gasteiger charge is 2.30. The van der Waals surface area contributed by atoms with Gasteiger partial charge in [0.05, 0.1) is 18.7 Å². The Morgan fingerprint density at radius 2 is 1.95 bits per heavy atom. The van der Waals surface area contributed by atoms with Gasteiger partial charge in [-0.2, -0.15) is 13.2 Å². The zero-order valence-electron chi connectivity index (χ0n) is 10.5. The predicted molar refractivity (Wildman–Crippen MR) is 65.4 cm³/mol. The number of aliphatic hydroxyl groups is 1. The predicted octanol–water partition coefficient (Wildman–Crippen LogP) is 1.38. The van der Waals surface area contributed by atoms with Crippen LogP contribution >= 0.6 is 0 Å². The van der Waals surface area contributed by atoms with Crippen molar-refractivity contribution in [3.05, 3.63) is 29.8 Å². The fourth-order valence-electron chi connectivity index (χ4n) is 1.33. The Bertz CT molecular complexity index is 438. The Morgan fingerprint density at radius 3 is 2.60 bits per heavy atom. The summed E-state index contributed by atoms with van der Waals surface area (Å²) in [4.78, 5) is 11.1. The van der Waals surface area contributed by atoms with Gasteiger partial charge in [0.2, 0.25) is 0 Å². The van der Waals surface area contributed by atoms with E-state index in [1.807, 2.05) is 0 Å². The molecule has 8 heteroatoms. The van der Waals surface area contributed by atoms with Crippen molar-refractivity contribution in [2.75, 3.05) is 26.3 Å². The fourth-order valence-corrected chi connectivity index (χ4v) is 1.33. The van der Waals surface area contributed by atoms with E-state index in [-0.39, 0.29) is 32.1 Å². The minimum Gasteiger partial charge on any atom is -0.492 e. The average Bonchev–Trinajstić information content (AvgIpc) is 2.41. The molecule has 0 aliphatic carbocycles.